The highest BCUT2D eigenvalue weighted by molar-refractivity contribution is 6.36. The first kappa shape index (κ1) is 14.9. The van der Waals surface area contributed by atoms with Gasteiger partial charge in [-0.25, -0.2) is 0 Å². The van der Waals surface area contributed by atoms with Gasteiger partial charge in [-0.1, -0.05) is 54.4 Å². The average Bonchev–Trinajstić information content (AvgIpc) is 2.48. The predicted molar refractivity (Wildman–Crippen MR) is 83.1 cm³/mol. The molecule has 2 aromatic carbocycles. The summed E-state index contributed by atoms with van der Waals surface area (Å²) in [5.41, 5.74) is 2.42. The number of halogens is 2. The summed E-state index contributed by atoms with van der Waals surface area (Å²) in [5.74, 6) is 0.661. The van der Waals surface area contributed by atoms with E-state index in [-0.39, 0.29) is 5.78 Å². The molecule has 0 fully saturated rings. The van der Waals surface area contributed by atoms with Crippen LogP contribution in [0.4, 0.5) is 0 Å². The summed E-state index contributed by atoms with van der Waals surface area (Å²) in [6.45, 7) is 1.84. The van der Waals surface area contributed by atoms with Crippen molar-refractivity contribution >= 4 is 29.0 Å². The highest BCUT2D eigenvalue weighted by Gasteiger charge is 2.10. The smallest absolute Gasteiger partial charge is 0.162 e. The van der Waals surface area contributed by atoms with Crippen molar-refractivity contribution in [1.29, 1.82) is 0 Å². The second-order valence-corrected chi connectivity index (χ2v) is 5.14. The standard InChI is InChI=1S/C16H14Cl2O2/c1-3-15(19)11-6-4-10(5-7-11)12-8-14(18)16(20-2)9-13(12)17/h4-9H,3H2,1-2H3. The van der Waals surface area contributed by atoms with Crippen molar-refractivity contribution in [3.63, 3.8) is 0 Å². The minimum absolute atomic E-state index is 0.121. The maximum absolute atomic E-state index is 11.6. The lowest BCUT2D eigenvalue weighted by atomic mass is 10.0. The van der Waals surface area contributed by atoms with Crippen molar-refractivity contribution in [2.24, 2.45) is 0 Å². The molecule has 0 bridgehead atoms. The van der Waals surface area contributed by atoms with Gasteiger partial charge in [0.1, 0.15) is 5.75 Å². The number of ether oxygens (including phenoxy) is 1. The Bertz CT molecular complexity index is 634. The summed E-state index contributed by atoms with van der Waals surface area (Å²) >= 11 is 12.4. The minimum atomic E-state index is 0.121. The molecule has 4 heteroatoms. The zero-order valence-electron chi connectivity index (χ0n) is 11.2. The van der Waals surface area contributed by atoms with Crippen molar-refractivity contribution in [2.45, 2.75) is 13.3 Å². The van der Waals surface area contributed by atoms with Crippen molar-refractivity contribution in [3.8, 4) is 16.9 Å². The van der Waals surface area contributed by atoms with E-state index in [2.05, 4.69) is 0 Å². The second kappa shape index (κ2) is 6.29. The Balaban J connectivity index is 2.42. The van der Waals surface area contributed by atoms with E-state index in [9.17, 15) is 4.79 Å². The molecule has 0 spiro atoms. The largest absolute Gasteiger partial charge is 0.495 e. The van der Waals surface area contributed by atoms with Gasteiger partial charge >= 0.3 is 0 Å². The van der Waals surface area contributed by atoms with Gasteiger partial charge in [-0.3, -0.25) is 4.79 Å². The van der Waals surface area contributed by atoms with Crippen LogP contribution in [0.3, 0.4) is 0 Å². The first-order valence-electron chi connectivity index (χ1n) is 6.23. The number of carbonyl (C=O) groups excluding carboxylic acids is 1. The van der Waals surface area contributed by atoms with Crippen LogP contribution in [-0.4, -0.2) is 12.9 Å². The van der Waals surface area contributed by atoms with Crippen LogP contribution in [0.2, 0.25) is 10.0 Å². The Morgan fingerprint density at radius 2 is 1.75 bits per heavy atom. The van der Waals surface area contributed by atoms with E-state index in [0.29, 0.717) is 27.8 Å². The van der Waals surface area contributed by atoms with Gasteiger partial charge in [-0.2, -0.15) is 0 Å². The maximum Gasteiger partial charge on any atom is 0.162 e. The molecule has 20 heavy (non-hydrogen) atoms. The summed E-state index contributed by atoms with van der Waals surface area (Å²) in [6, 6.07) is 10.8. The van der Waals surface area contributed by atoms with Crippen LogP contribution in [0.1, 0.15) is 23.7 Å². The molecule has 0 unspecified atom stereocenters. The highest BCUT2D eigenvalue weighted by Crippen LogP contribution is 2.36. The lowest BCUT2D eigenvalue weighted by molar-refractivity contribution is 0.0988. The summed E-state index contributed by atoms with van der Waals surface area (Å²) < 4.78 is 5.12. The third-order valence-corrected chi connectivity index (χ3v) is 3.69. The molecule has 0 aliphatic carbocycles. The Hall–Kier alpha value is -1.51. The van der Waals surface area contributed by atoms with Crippen molar-refractivity contribution in [1.82, 2.24) is 0 Å². The molecule has 0 saturated carbocycles. The number of benzene rings is 2. The van der Waals surface area contributed by atoms with E-state index in [4.69, 9.17) is 27.9 Å². The molecule has 2 aromatic rings. The van der Waals surface area contributed by atoms with Gasteiger partial charge in [0.25, 0.3) is 0 Å². The zero-order chi connectivity index (χ0) is 14.7. The fraction of sp³-hybridized carbons (Fsp3) is 0.188. The molecule has 0 amide bonds. The second-order valence-electron chi connectivity index (χ2n) is 4.32. The van der Waals surface area contributed by atoms with Gasteiger partial charge in [0.05, 0.1) is 17.2 Å². The molecule has 0 radical (unpaired) electrons. The molecule has 104 valence electrons. The van der Waals surface area contributed by atoms with E-state index in [0.717, 1.165) is 11.1 Å². The molecular weight excluding hydrogens is 295 g/mol. The fourth-order valence-electron chi connectivity index (χ4n) is 1.95. The molecular formula is C16H14Cl2O2. The quantitative estimate of drug-likeness (QED) is 0.720. The van der Waals surface area contributed by atoms with Gasteiger partial charge in [-0.15, -0.1) is 0 Å². The number of ketones is 1. The number of hydrogen-bond acceptors (Lipinski definition) is 2. The third kappa shape index (κ3) is 2.97. The fourth-order valence-corrected chi connectivity index (χ4v) is 2.45. The van der Waals surface area contributed by atoms with Crippen molar-refractivity contribution in [3.05, 3.63) is 52.0 Å². The van der Waals surface area contributed by atoms with Gasteiger partial charge in [0, 0.05) is 23.6 Å². The minimum Gasteiger partial charge on any atom is -0.495 e. The molecule has 0 heterocycles. The first-order chi connectivity index (χ1) is 9.56. The molecule has 2 nitrogen and oxygen atoms in total. The topological polar surface area (TPSA) is 26.3 Å². The van der Waals surface area contributed by atoms with E-state index >= 15 is 0 Å². The zero-order valence-corrected chi connectivity index (χ0v) is 12.8. The third-order valence-electron chi connectivity index (χ3n) is 3.08. The van der Waals surface area contributed by atoms with Crippen LogP contribution in [-0.2, 0) is 0 Å². The van der Waals surface area contributed by atoms with Gasteiger partial charge in [0.2, 0.25) is 0 Å². The van der Waals surface area contributed by atoms with Crippen LogP contribution in [0.25, 0.3) is 11.1 Å². The van der Waals surface area contributed by atoms with Crippen molar-refractivity contribution in [2.75, 3.05) is 7.11 Å². The molecule has 0 aliphatic heterocycles. The number of Topliss-reactive ketones (excluding diaryl/α,β-unsaturated/α-hetero) is 1. The van der Waals surface area contributed by atoms with Crippen LogP contribution in [0, 0.1) is 0 Å². The van der Waals surface area contributed by atoms with E-state index < -0.39 is 0 Å². The number of hydrogen-bond donors (Lipinski definition) is 0. The normalized spacial score (nSPS) is 10.4. The van der Waals surface area contributed by atoms with Crippen LogP contribution < -0.4 is 4.74 Å². The van der Waals surface area contributed by atoms with Crippen LogP contribution in [0.5, 0.6) is 5.75 Å². The summed E-state index contributed by atoms with van der Waals surface area (Å²) in [5, 5.41) is 1.06. The maximum atomic E-state index is 11.6. The van der Waals surface area contributed by atoms with E-state index in [1.165, 1.54) is 0 Å². The first-order valence-corrected chi connectivity index (χ1v) is 6.99. The lowest BCUT2D eigenvalue weighted by Crippen LogP contribution is -1.95. The molecule has 0 atom stereocenters. The van der Waals surface area contributed by atoms with E-state index in [1.54, 1.807) is 31.4 Å². The number of methoxy groups -OCH3 is 1. The summed E-state index contributed by atoms with van der Waals surface area (Å²) in [6.07, 6.45) is 0.495. The molecule has 0 aliphatic rings. The molecule has 0 N–H and O–H groups in total. The Labute approximate surface area is 128 Å². The van der Waals surface area contributed by atoms with Gasteiger partial charge < -0.3 is 4.74 Å². The number of carbonyl (C=O) groups is 1. The molecule has 2 rings (SSSR count). The monoisotopic (exact) mass is 308 g/mol. The van der Waals surface area contributed by atoms with Gasteiger partial charge in [-0.05, 0) is 11.6 Å². The Kier molecular flexibility index (Phi) is 4.69. The predicted octanol–water partition coefficient (Wildman–Crippen LogP) is 5.26. The van der Waals surface area contributed by atoms with E-state index in [1.807, 2.05) is 19.1 Å². The Morgan fingerprint density at radius 1 is 1.10 bits per heavy atom. The van der Waals surface area contributed by atoms with Crippen LogP contribution >= 0.6 is 23.2 Å². The summed E-state index contributed by atoms with van der Waals surface area (Å²) in [7, 11) is 1.54. The van der Waals surface area contributed by atoms with Gasteiger partial charge in [0.15, 0.2) is 5.78 Å². The van der Waals surface area contributed by atoms with Crippen LogP contribution in [0.15, 0.2) is 36.4 Å². The SMILES string of the molecule is CCC(=O)c1ccc(-c2cc(Cl)c(OC)cc2Cl)cc1. The summed E-state index contributed by atoms with van der Waals surface area (Å²) in [4.78, 5) is 11.6. The average molecular weight is 309 g/mol. The lowest BCUT2D eigenvalue weighted by Gasteiger charge is -2.09. The highest BCUT2D eigenvalue weighted by atomic mass is 35.5. The molecule has 0 aromatic heterocycles. The van der Waals surface area contributed by atoms with Crippen molar-refractivity contribution < 1.29 is 9.53 Å². The Morgan fingerprint density at radius 3 is 2.30 bits per heavy atom. The number of rotatable bonds is 4. The molecule has 0 saturated heterocycles.